The summed E-state index contributed by atoms with van der Waals surface area (Å²) >= 11 is 0. The van der Waals surface area contributed by atoms with Crippen LogP contribution in [0.15, 0.2) is 47.5 Å². The van der Waals surface area contributed by atoms with Crippen molar-refractivity contribution in [2.45, 2.75) is 19.9 Å². The van der Waals surface area contributed by atoms with Crippen LogP contribution in [0.3, 0.4) is 0 Å². The maximum Gasteiger partial charge on any atom is 0.297 e. The number of nitrogens with zero attached hydrogens (tertiary/aromatic N) is 8. The molecule has 1 aliphatic heterocycles. The first-order valence-corrected chi connectivity index (χ1v) is 10.3. The summed E-state index contributed by atoms with van der Waals surface area (Å²) in [5.74, 6) is 1.47. The summed E-state index contributed by atoms with van der Waals surface area (Å²) in [7, 11) is 0. The quantitative estimate of drug-likeness (QED) is 0.482. The molecule has 0 atom stereocenters. The number of carbonyl (C=O) groups is 1. The second-order valence-corrected chi connectivity index (χ2v) is 7.42. The zero-order valence-corrected chi connectivity index (χ0v) is 17.2. The fraction of sp³-hybridized carbons (Fsp3) is 0.333. The van der Waals surface area contributed by atoms with E-state index in [1.165, 1.54) is 4.57 Å². The zero-order chi connectivity index (χ0) is 21.4. The number of anilines is 1. The van der Waals surface area contributed by atoms with Crippen LogP contribution in [0.2, 0.25) is 0 Å². The SMILES string of the molecule is CCc1nnc2c(=O)n(CC(=O)N3CCN(c4ccccn4)CC3)c3cccnc3n12. The number of pyridine rings is 2. The minimum absolute atomic E-state index is 0.0601. The summed E-state index contributed by atoms with van der Waals surface area (Å²) in [5, 5.41) is 8.19. The van der Waals surface area contributed by atoms with E-state index in [0.717, 1.165) is 5.82 Å². The van der Waals surface area contributed by atoms with Crippen LogP contribution in [0.25, 0.3) is 16.8 Å². The van der Waals surface area contributed by atoms with Gasteiger partial charge in [0.1, 0.15) is 18.2 Å². The molecule has 10 heteroatoms. The molecule has 0 aromatic carbocycles. The maximum absolute atomic E-state index is 13.2. The number of hydrogen-bond donors (Lipinski definition) is 0. The van der Waals surface area contributed by atoms with Gasteiger partial charge in [-0.25, -0.2) is 9.97 Å². The molecular weight excluding hydrogens is 396 g/mol. The molecular formula is C21H22N8O2. The third-order valence-electron chi connectivity index (χ3n) is 5.65. The first kappa shape index (κ1) is 19.2. The molecule has 4 aromatic rings. The van der Waals surface area contributed by atoms with Crippen LogP contribution in [-0.2, 0) is 17.8 Å². The molecule has 1 amide bonds. The normalized spacial score (nSPS) is 14.5. The third-order valence-corrected chi connectivity index (χ3v) is 5.65. The van der Waals surface area contributed by atoms with E-state index in [9.17, 15) is 9.59 Å². The van der Waals surface area contributed by atoms with Crippen LogP contribution in [0.4, 0.5) is 5.82 Å². The Kier molecular flexibility index (Phi) is 4.81. The summed E-state index contributed by atoms with van der Waals surface area (Å²) in [6, 6.07) is 9.37. The fourth-order valence-electron chi connectivity index (χ4n) is 4.03. The van der Waals surface area contributed by atoms with Crippen LogP contribution in [0.5, 0.6) is 0 Å². The van der Waals surface area contributed by atoms with Gasteiger partial charge in [0, 0.05) is 45.0 Å². The maximum atomic E-state index is 13.2. The Labute approximate surface area is 177 Å². The van der Waals surface area contributed by atoms with Crippen LogP contribution >= 0.6 is 0 Å². The van der Waals surface area contributed by atoms with Gasteiger partial charge >= 0.3 is 0 Å². The molecule has 1 aliphatic rings. The summed E-state index contributed by atoms with van der Waals surface area (Å²) in [5.41, 5.74) is 1.02. The molecule has 158 valence electrons. The second kappa shape index (κ2) is 7.78. The average molecular weight is 418 g/mol. The topological polar surface area (TPSA) is 102 Å². The van der Waals surface area contributed by atoms with Crippen LogP contribution in [0, 0.1) is 0 Å². The first-order chi connectivity index (χ1) is 15.2. The lowest BCUT2D eigenvalue weighted by molar-refractivity contribution is -0.132. The van der Waals surface area contributed by atoms with Crippen molar-refractivity contribution in [1.82, 2.24) is 34.0 Å². The molecule has 5 rings (SSSR count). The van der Waals surface area contributed by atoms with Gasteiger partial charge in [0.2, 0.25) is 11.6 Å². The molecule has 0 spiro atoms. The van der Waals surface area contributed by atoms with Gasteiger partial charge in [-0.3, -0.25) is 18.6 Å². The first-order valence-electron chi connectivity index (χ1n) is 10.3. The predicted octanol–water partition coefficient (Wildman–Crippen LogP) is 0.745. The van der Waals surface area contributed by atoms with Crippen molar-refractivity contribution in [3.63, 3.8) is 0 Å². The highest BCUT2D eigenvalue weighted by Crippen LogP contribution is 2.15. The Bertz CT molecular complexity index is 1310. The number of fused-ring (bicyclic) bond motifs is 3. The molecule has 0 bridgehead atoms. The van der Waals surface area contributed by atoms with Gasteiger partial charge in [0.05, 0.1) is 5.52 Å². The van der Waals surface area contributed by atoms with Crippen molar-refractivity contribution in [3.8, 4) is 0 Å². The lowest BCUT2D eigenvalue weighted by atomic mass is 10.3. The standard InChI is InChI=1S/C21H22N8O2/c1-2-16-24-25-20-21(31)28(15-6-5-9-23-19(15)29(16)20)14-18(30)27-12-10-26(11-13-27)17-7-3-4-8-22-17/h3-9H,2,10-14H2,1H3. The van der Waals surface area contributed by atoms with E-state index in [0.29, 0.717) is 49.6 Å². The number of amides is 1. The van der Waals surface area contributed by atoms with Crippen LogP contribution in [-0.4, -0.2) is 66.1 Å². The Morgan fingerprint density at radius 1 is 0.968 bits per heavy atom. The van der Waals surface area contributed by atoms with Crippen molar-refractivity contribution in [2.75, 3.05) is 31.1 Å². The van der Waals surface area contributed by atoms with Crippen molar-refractivity contribution in [1.29, 1.82) is 0 Å². The van der Waals surface area contributed by atoms with E-state index in [1.807, 2.05) is 25.1 Å². The Morgan fingerprint density at radius 2 is 1.77 bits per heavy atom. The van der Waals surface area contributed by atoms with Crippen molar-refractivity contribution in [3.05, 3.63) is 58.9 Å². The minimum atomic E-state index is -0.340. The summed E-state index contributed by atoms with van der Waals surface area (Å²) in [4.78, 5) is 39.0. The van der Waals surface area contributed by atoms with Crippen molar-refractivity contribution >= 4 is 28.5 Å². The minimum Gasteiger partial charge on any atom is -0.353 e. The molecule has 4 aromatic heterocycles. The van der Waals surface area contributed by atoms with E-state index in [-0.39, 0.29) is 23.7 Å². The van der Waals surface area contributed by atoms with E-state index < -0.39 is 0 Å². The predicted molar refractivity (Wildman–Crippen MR) is 115 cm³/mol. The number of rotatable bonds is 4. The summed E-state index contributed by atoms with van der Waals surface area (Å²) < 4.78 is 3.14. The molecule has 0 N–H and O–H groups in total. The number of piperazine rings is 1. The van der Waals surface area contributed by atoms with Gasteiger partial charge in [0.15, 0.2) is 5.65 Å². The van der Waals surface area contributed by atoms with Gasteiger partial charge in [-0.15, -0.1) is 10.2 Å². The number of hydrogen-bond acceptors (Lipinski definition) is 7. The van der Waals surface area contributed by atoms with Gasteiger partial charge in [-0.2, -0.15) is 0 Å². The largest absolute Gasteiger partial charge is 0.353 e. The highest BCUT2D eigenvalue weighted by Gasteiger charge is 2.24. The molecule has 1 fully saturated rings. The summed E-state index contributed by atoms with van der Waals surface area (Å²) in [6.45, 7) is 4.44. The monoisotopic (exact) mass is 418 g/mol. The molecule has 0 radical (unpaired) electrons. The molecule has 31 heavy (non-hydrogen) atoms. The zero-order valence-electron chi connectivity index (χ0n) is 17.2. The van der Waals surface area contributed by atoms with E-state index in [4.69, 9.17) is 0 Å². The highest BCUT2D eigenvalue weighted by atomic mass is 16.2. The van der Waals surface area contributed by atoms with E-state index in [1.54, 1.807) is 33.8 Å². The molecule has 10 nitrogen and oxygen atoms in total. The number of aromatic nitrogens is 6. The molecule has 5 heterocycles. The van der Waals surface area contributed by atoms with Gasteiger partial charge in [-0.1, -0.05) is 13.0 Å². The number of aryl methyl sites for hydroxylation is 1. The smallest absolute Gasteiger partial charge is 0.297 e. The lowest BCUT2D eigenvalue weighted by Gasteiger charge is -2.35. The third kappa shape index (κ3) is 3.29. The van der Waals surface area contributed by atoms with Crippen molar-refractivity contribution < 1.29 is 4.79 Å². The molecule has 0 saturated carbocycles. The average Bonchev–Trinajstić information content (AvgIpc) is 3.27. The fourth-order valence-corrected chi connectivity index (χ4v) is 4.03. The lowest BCUT2D eigenvalue weighted by Crippen LogP contribution is -2.50. The number of carbonyl (C=O) groups excluding carboxylic acids is 1. The van der Waals surface area contributed by atoms with Gasteiger partial charge in [-0.05, 0) is 24.3 Å². The highest BCUT2D eigenvalue weighted by molar-refractivity contribution is 5.80. The molecule has 0 unspecified atom stereocenters. The summed E-state index contributed by atoms with van der Waals surface area (Å²) in [6.07, 6.45) is 4.05. The Morgan fingerprint density at radius 3 is 2.52 bits per heavy atom. The van der Waals surface area contributed by atoms with Crippen LogP contribution < -0.4 is 10.5 Å². The second-order valence-electron chi connectivity index (χ2n) is 7.42. The van der Waals surface area contributed by atoms with Gasteiger partial charge < -0.3 is 9.80 Å². The molecule has 0 aliphatic carbocycles. The van der Waals surface area contributed by atoms with E-state index >= 15 is 0 Å². The van der Waals surface area contributed by atoms with Crippen molar-refractivity contribution in [2.24, 2.45) is 0 Å². The Balaban J connectivity index is 1.42. The van der Waals surface area contributed by atoms with Gasteiger partial charge in [0.25, 0.3) is 5.56 Å². The molecule has 1 saturated heterocycles. The van der Waals surface area contributed by atoms with E-state index in [2.05, 4.69) is 25.1 Å². The van der Waals surface area contributed by atoms with Crippen LogP contribution in [0.1, 0.15) is 12.7 Å². The Hall–Kier alpha value is -3.82.